The zero-order valence-corrected chi connectivity index (χ0v) is 15.2. The Balaban J connectivity index is 0.00000529. The lowest BCUT2D eigenvalue weighted by Gasteiger charge is -2.25. The molecule has 24 heavy (non-hydrogen) atoms. The van der Waals surface area contributed by atoms with Crippen LogP contribution in [0.3, 0.4) is 0 Å². The normalized spacial score (nSPS) is 11.9. The molecular formula is C16H26ClN3O4. The van der Waals surface area contributed by atoms with E-state index in [0.29, 0.717) is 18.0 Å². The largest absolute Gasteiger partial charge is 0.493 e. The van der Waals surface area contributed by atoms with Crippen molar-refractivity contribution in [2.75, 3.05) is 13.7 Å². The van der Waals surface area contributed by atoms with Gasteiger partial charge >= 0.3 is 0 Å². The fourth-order valence-corrected chi connectivity index (χ4v) is 1.78. The number of nitrogens with two attached hydrogens (primary N) is 2. The van der Waals surface area contributed by atoms with E-state index in [9.17, 15) is 9.59 Å². The quantitative estimate of drug-likeness (QED) is 0.670. The fraction of sp³-hybridized carbons (Fsp3) is 0.500. The number of primary amides is 1. The molecule has 0 unspecified atom stereocenters. The van der Waals surface area contributed by atoms with Crippen molar-refractivity contribution >= 4 is 24.2 Å². The molecule has 0 heterocycles. The summed E-state index contributed by atoms with van der Waals surface area (Å²) in [6, 6.07) is 4.55. The van der Waals surface area contributed by atoms with Crippen molar-refractivity contribution in [3.63, 3.8) is 0 Å². The van der Waals surface area contributed by atoms with Gasteiger partial charge in [0.05, 0.1) is 13.2 Å². The highest BCUT2D eigenvalue weighted by molar-refractivity contribution is 5.85. The maximum atomic E-state index is 12.0. The molecule has 0 bridgehead atoms. The molecule has 5 N–H and O–H groups in total. The Morgan fingerprint density at radius 1 is 1.25 bits per heavy atom. The van der Waals surface area contributed by atoms with Crippen molar-refractivity contribution in [1.29, 1.82) is 0 Å². The molecule has 0 fully saturated rings. The number of ether oxygens (including phenoxy) is 2. The monoisotopic (exact) mass is 359 g/mol. The van der Waals surface area contributed by atoms with Gasteiger partial charge < -0.3 is 26.3 Å². The van der Waals surface area contributed by atoms with Crippen LogP contribution in [0.2, 0.25) is 0 Å². The number of benzene rings is 1. The van der Waals surface area contributed by atoms with E-state index in [1.54, 1.807) is 18.2 Å². The third-order valence-electron chi connectivity index (χ3n) is 3.28. The predicted molar refractivity (Wildman–Crippen MR) is 94.2 cm³/mol. The second-order valence-corrected chi connectivity index (χ2v) is 6.30. The number of halogens is 1. The number of carbonyl (C=O) groups excluding carboxylic acids is 2. The highest BCUT2D eigenvalue weighted by atomic mass is 35.5. The maximum absolute atomic E-state index is 12.0. The minimum absolute atomic E-state index is 0. The van der Waals surface area contributed by atoms with Gasteiger partial charge in [-0.2, -0.15) is 0 Å². The molecule has 0 aromatic heterocycles. The molecule has 1 rings (SSSR count). The molecule has 0 saturated carbocycles. The van der Waals surface area contributed by atoms with E-state index < -0.39 is 11.9 Å². The van der Waals surface area contributed by atoms with E-state index in [1.165, 1.54) is 7.11 Å². The van der Waals surface area contributed by atoms with Crippen LogP contribution in [0.15, 0.2) is 18.2 Å². The van der Waals surface area contributed by atoms with Gasteiger partial charge in [-0.15, -0.1) is 12.4 Å². The summed E-state index contributed by atoms with van der Waals surface area (Å²) in [5.41, 5.74) is 11.5. The first kappa shape index (κ1) is 22.0. The zero-order valence-electron chi connectivity index (χ0n) is 14.4. The first-order valence-corrected chi connectivity index (χ1v) is 7.26. The smallest absolute Gasteiger partial charge is 0.255 e. The first-order chi connectivity index (χ1) is 10.6. The SMILES string of the molecule is COc1cc(CNC(=O)[C@@H](N)C(C)(C)C)ccc1OCC(N)=O.Cl. The number of methoxy groups -OCH3 is 1. The minimum Gasteiger partial charge on any atom is -0.493 e. The molecule has 0 saturated heterocycles. The second-order valence-electron chi connectivity index (χ2n) is 6.30. The van der Waals surface area contributed by atoms with E-state index in [1.807, 2.05) is 20.8 Å². The van der Waals surface area contributed by atoms with Crippen LogP contribution in [-0.4, -0.2) is 31.6 Å². The summed E-state index contributed by atoms with van der Waals surface area (Å²) < 4.78 is 10.5. The molecule has 1 atom stereocenters. The lowest BCUT2D eigenvalue weighted by Crippen LogP contribution is -2.48. The maximum Gasteiger partial charge on any atom is 0.255 e. The molecule has 8 heteroatoms. The lowest BCUT2D eigenvalue weighted by molar-refractivity contribution is -0.124. The second kappa shape index (κ2) is 9.34. The Bertz CT molecular complexity index is 573. The van der Waals surface area contributed by atoms with Crippen LogP contribution in [0.1, 0.15) is 26.3 Å². The fourth-order valence-electron chi connectivity index (χ4n) is 1.78. The molecule has 0 aliphatic carbocycles. The van der Waals surface area contributed by atoms with Gasteiger partial charge in [0.25, 0.3) is 5.91 Å². The highest BCUT2D eigenvalue weighted by Crippen LogP contribution is 2.28. The van der Waals surface area contributed by atoms with Gasteiger partial charge in [0, 0.05) is 6.54 Å². The van der Waals surface area contributed by atoms with Crippen molar-refractivity contribution < 1.29 is 19.1 Å². The number of nitrogens with one attached hydrogen (secondary N) is 1. The standard InChI is InChI=1S/C16H25N3O4.ClH/c1-16(2,3)14(18)15(21)19-8-10-5-6-11(12(7-10)22-4)23-9-13(17)20;/h5-7,14H,8-9,18H2,1-4H3,(H2,17,20)(H,19,21);1H/t14-;/m1./s1. The highest BCUT2D eigenvalue weighted by Gasteiger charge is 2.27. The molecule has 136 valence electrons. The van der Waals surface area contributed by atoms with Crippen molar-refractivity contribution in [3.05, 3.63) is 23.8 Å². The van der Waals surface area contributed by atoms with E-state index in [4.69, 9.17) is 20.9 Å². The Kier molecular flexibility index (Phi) is 8.57. The topological polar surface area (TPSA) is 117 Å². The van der Waals surface area contributed by atoms with Crippen molar-refractivity contribution in [2.24, 2.45) is 16.9 Å². The van der Waals surface area contributed by atoms with Gasteiger partial charge in [0.15, 0.2) is 18.1 Å². The summed E-state index contributed by atoms with van der Waals surface area (Å²) >= 11 is 0. The Morgan fingerprint density at radius 3 is 2.38 bits per heavy atom. The first-order valence-electron chi connectivity index (χ1n) is 7.26. The summed E-state index contributed by atoms with van der Waals surface area (Å²) in [6.07, 6.45) is 0. The molecule has 0 spiro atoms. The number of carbonyl (C=O) groups is 2. The van der Waals surface area contributed by atoms with Gasteiger partial charge in [-0.1, -0.05) is 26.8 Å². The predicted octanol–water partition coefficient (Wildman–Crippen LogP) is 0.971. The van der Waals surface area contributed by atoms with E-state index in [-0.39, 0.29) is 30.3 Å². The number of rotatable bonds is 7. The molecular weight excluding hydrogens is 334 g/mol. The number of hydrogen-bond donors (Lipinski definition) is 3. The third-order valence-corrected chi connectivity index (χ3v) is 3.28. The molecule has 1 aromatic carbocycles. The van der Waals surface area contributed by atoms with E-state index in [2.05, 4.69) is 5.32 Å². The van der Waals surface area contributed by atoms with Gasteiger partial charge in [0.1, 0.15) is 0 Å². The molecule has 0 aliphatic rings. The van der Waals surface area contributed by atoms with Gasteiger partial charge in [-0.3, -0.25) is 9.59 Å². The average molecular weight is 360 g/mol. The summed E-state index contributed by atoms with van der Waals surface area (Å²) in [5, 5.41) is 2.79. The van der Waals surface area contributed by atoms with Crippen LogP contribution in [0.25, 0.3) is 0 Å². The Morgan fingerprint density at radius 2 is 1.88 bits per heavy atom. The van der Waals surface area contributed by atoms with Crippen LogP contribution in [0.5, 0.6) is 11.5 Å². The molecule has 7 nitrogen and oxygen atoms in total. The van der Waals surface area contributed by atoms with Gasteiger partial charge in [-0.25, -0.2) is 0 Å². The van der Waals surface area contributed by atoms with Crippen LogP contribution in [-0.2, 0) is 16.1 Å². The Hall–Kier alpha value is -1.99. The Labute approximate surface area is 148 Å². The average Bonchev–Trinajstić information content (AvgIpc) is 2.48. The zero-order chi connectivity index (χ0) is 17.6. The van der Waals surface area contributed by atoms with Crippen molar-refractivity contribution in [3.8, 4) is 11.5 Å². The van der Waals surface area contributed by atoms with Crippen molar-refractivity contribution in [1.82, 2.24) is 5.32 Å². The van der Waals surface area contributed by atoms with Crippen LogP contribution < -0.4 is 26.3 Å². The molecule has 0 aliphatic heterocycles. The van der Waals surface area contributed by atoms with Crippen molar-refractivity contribution in [2.45, 2.75) is 33.4 Å². The number of amides is 2. The van der Waals surface area contributed by atoms with E-state index in [0.717, 1.165) is 5.56 Å². The van der Waals surface area contributed by atoms with E-state index >= 15 is 0 Å². The molecule has 2 amide bonds. The summed E-state index contributed by atoms with van der Waals surface area (Å²) in [7, 11) is 1.49. The summed E-state index contributed by atoms with van der Waals surface area (Å²) in [5.74, 6) is 0.0796. The summed E-state index contributed by atoms with van der Waals surface area (Å²) in [4.78, 5) is 22.8. The minimum atomic E-state index is -0.595. The lowest BCUT2D eigenvalue weighted by atomic mass is 9.87. The van der Waals surface area contributed by atoms with Crippen LogP contribution in [0, 0.1) is 5.41 Å². The summed E-state index contributed by atoms with van der Waals surface area (Å²) in [6.45, 7) is 5.81. The molecule has 1 aromatic rings. The van der Waals surface area contributed by atoms with Crippen LogP contribution in [0.4, 0.5) is 0 Å². The third kappa shape index (κ3) is 6.64. The van der Waals surface area contributed by atoms with Gasteiger partial charge in [-0.05, 0) is 23.1 Å². The molecule has 0 radical (unpaired) electrons. The number of hydrogen-bond acceptors (Lipinski definition) is 5. The van der Waals surface area contributed by atoms with Crippen LogP contribution >= 0.6 is 12.4 Å². The van der Waals surface area contributed by atoms with Gasteiger partial charge in [0.2, 0.25) is 5.91 Å².